The Kier molecular flexibility index (Phi) is 5.99. The number of anilines is 1. The Morgan fingerprint density at radius 1 is 1.30 bits per heavy atom. The Morgan fingerprint density at radius 2 is 2.03 bits per heavy atom. The molecule has 3 N–H and O–H groups in total. The van der Waals surface area contributed by atoms with Crippen molar-refractivity contribution in [3.05, 3.63) is 47.5 Å². The van der Waals surface area contributed by atoms with Gasteiger partial charge in [-0.3, -0.25) is 4.79 Å². The topological polar surface area (TPSA) is 111 Å². The van der Waals surface area contributed by atoms with Gasteiger partial charge in [-0.25, -0.2) is 17.8 Å². The van der Waals surface area contributed by atoms with Gasteiger partial charge in [0.2, 0.25) is 9.84 Å². The maximum absolute atomic E-state index is 14.1. The minimum atomic E-state index is -4.82. The molecule has 0 bridgehead atoms. The summed E-state index contributed by atoms with van der Waals surface area (Å²) in [5.74, 6) is -2.04. The minimum Gasteiger partial charge on any atom is -0.397 e. The molecule has 0 radical (unpaired) electrons. The lowest BCUT2D eigenvalue weighted by atomic mass is 10.1. The first-order valence-corrected chi connectivity index (χ1v) is 10.2. The van der Waals surface area contributed by atoms with Crippen molar-refractivity contribution < 1.29 is 35.5 Å². The molecule has 1 aliphatic heterocycles. The number of carbonyl (C=O) groups excluding carboxylic acids is 1. The third-order valence-electron chi connectivity index (χ3n) is 4.54. The molecule has 1 saturated heterocycles. The zero-order chi connectivity index (χ0) is 22.1. The number of nitrogens with one attached hydrogen (secondary N) is 1. The van der Waals surface area contributed by atoms with Gasteiger partial charge in [-0.05, 0) is 30.7 Å². The number of hydrogen-bond acceptors (Lipinski definition) is 6. The molecular formula is C18H17F4N3O4S. The van der Waals surface area contributed by atoms with Crippen LogP contribution in [0.4, 0.5) is 23.2 Å². The number of benzene rings is 1. The van der Waals surface area contributed by atoms with E-state index in [4.69, 9.17) is 10.5 Å². The number of ether oxygens (including phenoxy) is 1. The third-order valence-corrected chi connectivity index (χ3v) is 6.30. The van der Waals surface area contributed by atoms with E-state index < -0.39 is 43.1 Å². The molecule has 1 amide bonds. The van der Waals surface area contributed by atoms with Gasteiger partial charge in [-0.1, -0.05) is 0 Å². The number of halogens is 4. The summed E-state index contributed by atoms with van der Waals surface area (Å²) in [7, 11) is -4.56. The van der Waals surface area contributed by atoms with Gasteiger partial charge in [0.25, 0.3) is 5.91 Å². The Labute approximate surface area is 169 Å². The average molecular weight is 447 g/mol. The molecule has 1 aliphatic rings. The molecule has 1 aromatic carbocycles. The normalized spacial score (nSPS) is 17.1. The fraction of sp³-hybridized carbons (Fsp3) is 0.333. The predicted octanol–water partition coefficient (Wildman–Crippen LogP) is 2.42. The molecule has 3 rings (SSSR count). The predicted molar refractivity (Wildman–Crippen MR) is 96.8 cm³/mol. The quantitative estimate of drug-likeness (QED) is 0.681. The van der Waals surface area contributed by atoms with Gasteiger partial charge in [0.05, 0.1) is 22.8 Å². The molecule has 30 heavy (non-hydrogen) atoms. The molecule has 0 aliphatic carbocycles. The summed E-state index contributed by atoms with van der Waals surface area (Å²) >= 11 is 0. The summed E-state index contributed by atoms with van der Waals surface area (Å²) < 4.78 is 82.5. The maximum atomic E-state index is 14.1. The summed E-state index contributed by atoms with van der Waals surface area (Å²) in [5.41, 5.74) is 3.93. The van der Waals surface area contributed by atoms with Crippen LogP contribution in [0.5, 0.6) is 0 Å². The van der Waals surface area contributed by atoms with Crippen LogP contribution in [-0.2, 0) is 20.8 Å². The number of aromatic nitrogens is 1. The van der Waals surface area contributed by atoms with Gasteiger partial charge in [0.1, 0.15) is 10.7 Å². The van der Waals surface area contributed by atoms with E-state index in [0.29, 0.717) is 31.9 Å². The van der Waals surface area contributed by atoms with Crippen LogP contribution in [0.2, 0.25) is 0 Å². The van der Waals surface area contributed by atoms with E-state index in [1.165, 1.54) is 0 Å². The SMILES string of the molecule is Nc1cc(S(=O)(=O)c2ccc(C(F)(F)F)cc2F)cnc1C(=O)NC[C@@H]1CCOC1. The lowest BCUT2D eigenvalue weighted by Crippen LogP contribution is -2.30. The highest BCUT2D eigenvalue weighted by atomic mass is 32.2. The maximum Gasteiger partial charge on any atom is 0.416 e. The van der Waals surface area contributed by atoms with Crippen LogP contribution in [0, 0.1) is 11.7 Å². The Morgan fingerprint density at radius 3 is 2.60 bits per heavy atom. The zero-order valence-corrected chi connectivity index (χ0v) is 16.2. The van der Waals surface area contributed by atoms with E-state index in [9.17, 15) is 30.8 Å². The van der Waals surface area contributed by atoms with Gasteiger partial charge in [0, 0.05) is 25.3 Å². The lowest BCUT2D eigenvalue weighted by Gasteiger charge is -2.12. The smallest absolute Gasteiger partial charge is 0.397 e. The number of pyridine rings is 1. The fourth-order valence-corrected chi connectivity index (χ4v) is 4.18. The Balaban J connectivity index is 1.83. The van der Waals surface area contributed by atoms with Crippen LogP contribution in [0.15, 0.2) is 40.3 Å². The van der Waals surface area contributed by atoms with Crippen molar-refractivity contribution in [1.82, 2.24) is 10.3 Å². The molecule has 0 unspecified atom stereocenters. The van der Waals surface area contributed by atoms with Gasteiger partial charge >= 0.3 is 6.18 Å². The highest BCUT2D eigenvalue weighted by Gasteiger charge is 2.33. The van der Waals surface area contributed by atoms with Crippen molar-refractivity contribution in [2.45, 2.75) is 22.4 Å². The highest BCUT2D eigenvalue weighted by Crippen LogP contribution is 2.32. The molecule has 1 atom stereocenters. The van der Waals surface area contributed by atoms with E-state index in [2.05, 4.69) is 10.3 Å². The van der Waals surface area contributed by atoms with Crippen molar-refractivity contribution >= 4 is 21.4 Å². The van der Waals surface area contributed by atoms with Crippen LogP contribution < -0.4 is 11.1 Å². The molecule has 1 aromatic heterocycles. The van der Waals surface area contributed by atoms with Crippen molar-refractivity contribution in [3.8, 4) is 0 Å². The van der Waals surface area contributed by atoms with Gasteiger partial charge in [-0.2, -0.15) is 13.2 Å². The number of sulfone groups is 1. The molecule has 1 fully saturated rings. The molecule has 0 saturated carbocycles. The second-order valence-electron chi connectivity index (χ2n) is 6.69. The number of nitrogens with two attached hydrogens (primary N) is 1. The van der Waals surface area contributed by atoms with E-state index in [1.807, 2.05) is 0 Å². The summed E-state index contributed by atoms with van der Waals surface area (Å²) in [5, 5.41) is 2.62. The Hall–Kier alpha value is -2.73. The second-order valence-corrected chi connectivity index (χ2v) is 8.61. The number of nitrogens with zero attached hydrogens (tertiary/aromatic N) is 1. The molecule has 162 valence electrons. The summed E-state index contributed by atoms with van der Waals surface area (Å²) in [6, 6.07) is 1.99. The van der Waals surface area contributed by atoms with Crippen LogP contribution in [0.25, 0.3) is 0 Å². The highest BCUT2D eigenvalue weighted by molar-refractivity contribution is 7.91. The van der Waals surface area contributed by atoms with Crippen LogP contribution in [0.1, 0.15) is 22.5 Å². The number of amides is 1. The van der Waals surface area contributed by atoms with Crippen LogP contribution in [-0.4, -0.2) is 39.1 Å². The molecule has 12 heteroatoms. The third kappa shape index (κ3) is 4.54. The van der Waals surface area contributed by atoms with Crippen molar-refractivity contribution in [2.75, 3.05) is 25.5 Å². The first-order valence-electron chi connectivity index (χ1n) is 8.73. The number of hydrogen-bond donors (Lipinski definition) is 2. The summed E-state index contributed by atoms with van der Waals surface area (Å²) in [4.78, 5) is 14.5. The van der Waals surface area contributed by atoms with E-state index in [-0.39, 0.29) is 23.4 Å². The van der Waals surface area contributed by atoms with Crippen molar-refractivity contribution in [1.29, 1.82) is 0 Å². The van der Waals surface area contributed by atoms with Gasteiger partial charge < -0.3 is 15.8 Å². The average Bonchev–Trinajstić information content (AvgIpc) is 3.18. The number of rotatable bonds is 5. The van der Waals surface area contributed by atoms with E-state index >= 15 is 0 Å². The van der Waals surface area contributed by atoms with E-state index in [0.717, 1.165) is 18.7 Å². The molecule has 0 spiro atoms. The van der Waals surface area contributed by atoms with E-state index in [1.54, 1.807) is 0 Å². The van der Waals surface area contributed by atoms with Crippen LogP contribution in [0.3, 0.4) is 0 Å². The molecular weight excluding hydrogens is 430 g/mol. The van der Waals surface area contributed by atoms with Gasteiger partial charge in [0.15, 0.2) is 5.69 Å². The standard InChI is InChI=1S/C18H17F4N3O4S/c19-13-5-11(18(20,21)22)1-2-15(13)30(27,28)12-6-14(23)16(24-8-12)17(26)25-7-10-3-4-29-9-10/h1-2,5-6,8,10H,3-4,7,9,23H2,(H,25,26)/t10-/m0/s1. The van der Waals surface area contributed by atoms with Crippen molar-refractivity contribution in [2.24, 2.45) is 5.92 Å². The first-order chi connectivity index (χ1) is 14.0. The second kappa shape index (κ2) is 8.19. The summed E-state index contributed by atoms with van der Waals surface area (Å²) in [6.45, 7) is 1.45. The fourth-order valence-electron chi connectivity index (χ4n) is 2.89. The molecule has 2 heterocycles. The number of carbonyl (C=O) groups is 1. The Bertz CT molecular complexity index is 1070. The minimum absolute atomic E-state index is 0.0955. The number of alkyl halides is 3. The molecule has 7 nitrogen and oxygen atoms in total. The number of nitrogen functional groups attached to an aromatic ring is 1. The van der Waals surface area contributed by atoms with Crippen LogP contribution >= 0.6 is 0 Å². The largest absolute Gasteiger partial charge is 0.416 e. The monoisotopic (exact) mass is 447 g/mol. The van der Waals surface area contributed by atoms with Gasteiger partial charge in [-0.15, -0.1) is 0 Å². The lowest BCUT2D eigenvalue weighted by molar-refractivity contribution is -0.137. The zero-order valence-electron chi connectivity index (χ0n) is 15.4. The molecule has 2 aromatic rings. The first kappa shape index (κ1) is 22.0. The summed E-state index contributed by atoms with van der Waals surface area (Å²) in [6.07, 6.45) is -3.23. The van der Waals surface area contributed by atoms with Crippen molar-refractivity contribution in [3.63, 3.8) is 0 Å².